The fraction of sp³-hybridized carbons (Fsp3) is 0.321. The smallest absolute Gasteiger partial charge is 0.251 e. The molecule has 0 saturated carbocycles. The zero-order valence-electron chi connectivity index (χ0n) is 42.3. The summed E-state index contributed by atoms with van der Waals surface area (Å²) in [5.41, 5.74) is 19.8. The molecule has 2 atom stereocenters. The van der Waals surface area contributed by atoms with Gasteiger partial charge in [0.15, 0.2) is 0 Å². The van der Waals surface area contributed by atoms with E-state index in [4.69, 9.17) is 11.5 Å². The second-order valence-corrected chi connectivity index (χ2v) is 22.0. The molecule has 2 aliphatic rings. The summed E-state index contributed by atoms with van der Waals surface area (Å²) < 4.78 is 0. The molecule has 0 bridgehead atoms. The van der Waals surface area contributed by atoms with Crippen molar-refractivity contribution in [3.05, 3.63) is 146 Å². The van der Waals surface area contributed by atoms with Crippen molar-refractivity contribution in [2.24, 2.45) is 11.5 Å². The van der Waals surface area contributed by atoms with Crippen LogP contribution in [0.3, 0.4) is 0 Å². The molecule has 9 rings (SSSR count). The van der Waals surface area contributed by atoms with Crippen LogP contribution in [0, 0.1) is 0 Å². The predicted molar refractivity (Wildman–Crippen MR) is 292 cm³/mol. The van der Waals surface area contributed by atoms with Crippen molar-refractivity contribution in [1.82, 2.24) is 36.6 Å². The second kappa shape index (κ2) is 23.2. The number of H-pyrrole nitrogens is 1. The van der Waals surface area contributed by atoms with Crippen molar-refractivity contribution >= 4 is 63.6 Å². The van der Waals surface area contributed by atoms with Gasteiger partial charge in [-0.1, -0.05) is 91.0 Å². The number of nitrogens with one attached hydrogen (secondary N) is 4. The van der Waals surface area contributed by atoms with Gasteiger partial charge in [-0.25, -0.2) is 0 Å². The van der Waals surface area contributed by atoms with Gasteiger partial charge in [0.1, 0.15) is 12.1 Å². The van der Waals surface area contributed by atoms with Gasteiger partial charge in [-0.15, -0.1) is 32.9 Å². The lowest BCUT2D eigenvalue weighted by Crippen LogP contribution is -2.49. The Kier molecular flexibility index (Phi) is 16.6. The molecule has 18 heteroatoms. The van der Waals surface area contributed by atoms with E-state index in [0.29, 0.717) is 43.9 Å². The van der Waals surface area contributed by atoms with Crippen LogP contribution in [0.5, 0.6) is 0 Å². The monoisotopic (exact) mass is 1030 g/mol. The lowest BCUT2D eigenvalue weighted by molar-refractivity contribution is -0.128. The summed E-state index contributed by atoms with van der Waals surface area (Å²) in [6.45, 7) is 10.4. The molecule has 0 aliphatic carbocycles. The molecule has 74 heavy (non-hydrogen) atoms. The van der Waals surface area contributed by atoms with E-state index < -0.39 is 23.2 Å². The number of aryl methyl sites for hydroxylation is 2. The Morgan fingerprint density at radius 2 is 1.11 bits per heavy atom. The fourth-order valence-electron chi connectivity index (χ4n) is 9.19. The number of benzene rings is 4. The van der Waals surface area contributed by atoms with E-state index in [1.54, 1.807) is 60.2 Å². The Morgan fingerprint density at radius 1 is 0.649 bits per heavy atom. The lowest BCUT2D eigenvalue weighted by Gasteiger charge is -2.26. The van der Waals surface area contributed by atoms with Crippen LogP contribution in [0.25, 0.3) is 33.6 Å². The maximum Gasteiger partial charge on any atom is 0.251 e. The number of rotatable bonds is 15. The molecular weight excluding hydrogens is 971 g/mol. The third-order valence-corrected chi connectivity index (χ3v) is 14.6. The first-order chi connectivity index (χ1) is 35.4. The van der Waals surface area contributed by atoms with Crippen molar-refractivity contribution < 1.29 is 24.0 Å². The molecule has 5 amide bonds. The van der Waals surface area contributed by atoms with E-state index in [1.165, 1.54) is 0 Å². The largest absolute Gasteiger partial charge is 0.352 e. The van der Waals surface area contributed by atoms with E-state index >= 15 is 0 Å². The maximum atomic E-state index is 13.6. The fourth-order valence-corrected chi connectivity index (χ4v) is 11.0. The molecule has 0 unspecified atom stereocenters. The number of nitrogens with zero attached hydrogens (tertiary/aromatic N) is 5. The number of carbonyl (C=O) groups is 5. The molecule has 0 spiro atoms. The zero-order chi connectivity index (χ0) is 52.6. The first-order valence-electron chi connectivity index (χ1n) is 24.8. The quantitative estimate of drug-likeness (QED) is 0.0580. The van der Waals surface area contributed by atoms with Crippen LogP contribution in [0.2, 0.25) is 0 Å². The number of fused-ring (bicyclic) bond motifs is 2. The van der Waals surface area contributed by atoms with Gasteiger partial charge in [0, 0.05) is 51.3 Å². The summed E-state index contributed by atoms with van der Waals surface area (Å²) in [6, 6.07) is 34.2. The van der Waals surface area contributed by atoms with Crippen LogP contribution in [0.15, 0.2) is 120 Å². The summed E-state index contributed by atoms with van der Waals surface area (Å²) in [4.78, 5) is 70.8. The van der Waals surface area contributed by atoms with Crippen molar-refractivity contribution in [2.75, 3.05) is 16.3 Å². The molecule has 0 saturated heterocycles. The molecule has 16 nitrogen and oxygen atoms in total. The number of anilines is 2. The molecule has 7 aromatic rings. The Balaban J connectivity index is 0.000000197. The Hall–Kier alpha value is -7.38. The van der Waals surface area contributed by atoms with Crippen molar-refractivity contribution in [1.29, 1.82) is 0 Å². The van der Waals surface area contributed by atoms with Crippen molar-refractivity contribution in [2.45, 2.75) is 109 Å². The molecular formula is C56H63N11O5S2. The van der Waals surface area contributed by atoms with E-state index in [9.17, 15) is 24.0 Å². The molecule has 5 heterocycles. The summed E-state index contributed by atoms with van der Waals surface area (Å²) >= 11 is 3.27. The first-order valence-corrected chi connectivity index (χ1v) is 26.5. The second-order valence-electron chi connectivity index (χ2n) is 20.0. The summed E-state index contributed by atoms with van der Waals surface area (Å²) in [7, 11) is 0. The Bertz CT molecular complexity index is 3080. The van der Waals surface area contributed by atoms with Gasteiger partial charge in [-0.3, -0.25) is 24.0 Å². The highest BCUT2D eigenvalue weighted by molar-refractivity contribution is 7.10. The minimum absolute atomic E-state index is 0.103. The molecule has 8 N–H and O–H groups in total. The topological polar surface area (TPSA) is 234 Å². The van der Waals surface area contributed by atoms with Crippen molar-refractivity contribution in [3.8, 4) is 33.6 Å². The van der Waals surface area contributed by atoms with Crippen LogP contribution in [0.4, 0.5) is 11.4 Å². The number of carbonyl (C=O) groups excluding carboxylic acids is 5. The summed E-state index contributed by atoms with van der Waals surface area (Å²) in [5, 5.41) is 27.2. The van der Waals surface area contributed by atoms with E-state index in [2.05, 4.69) is 36.6 Å². The number of aromatic nitrogens is 4. The van der Waals surface area contributed by atoms with Gasteiger partial charge < -0.3 is 37.2 Å². The number of tetrazole rings is 1. The van der Waals surface area contributed by atoms with Crippen LogP contribution >= 0.6 is 22.7 Å². The number of aromatic amines is 1. The minimum atomic E-state index is -0.645. The standard InChI is InChI=1S/C29H34N4O3S.C27H29N7O2S/c1-4-31-27(35)22-8-6-5-7-21(22)20-11-9-19(10-12-20)18-33-24-15-16-37-25(24)14-13-23(28(33)36)32-26(34)17-29(2,3)30;1-27(2,28)15-24(35)29-21-11-12-23-22(13-14-37-23)34(26(21)36)16-17-7-9-18(10-8-17)19-5-3-4-6-20(19)25-30-32-33-31-25/h5-12,15-16,23H,4,13-14,17-18,30H2,1-3H3,(H,31,35)(H,32,34);3-10,13-14,21H,11-12,15-16,28H2,1-2H3,(H,29,35)(H,30,31,32,33)/t23-;21-/m11/s1. The average Bonchev–Trinajstić information content (AvgIpc) is 4.16. The van der Waals surface area contributed by atoms with Crippen LogP contribution in [-0.4, -0.2) is 79.9 Å². The molecule has 0 fully saturated rings. The van der Waals surface area contributed by atoms with Gasteiger partial charge >= 0.3 is 0 Å². The highest BCUT2D eigenvalue weighted by Crippen LogP contribution is 2.36. The third kappa shape index (κ3) is 13.2. The van der Waals surface area contributed by atoms with Gasteiger partial charge in [-0.2, -0.15) is 5.21 Å². The minimum Gasteiger partial charge on any atom is -0.352 e. The molecule has 3 aromatic heterocycles. The van der Waals surface area contributed by atoms with Gasteiger partial charge in [0.2, 0.25) is 29.5 Å². The van der Waals surface area contributed by atoms with Crippen molar-refractivity contribution in [3.63, 3.8) is 0 Å². The van der Waals surface area contributed by atoms with Gasteiger partial charge in [0.05, 0.1) is 24.5 Å². The van der Waals surface area contributed by atoms with Crippen LogP contribution in [-0.2, 0) is 45.1 Å². The van der Waals surface area contributed by atoms with E-state index in [1.807, 2.05) is 127 Å². The number of hydrogen-bond donors (Lipinski definition) is 6. The third-order valence-electron chi connectivity index (χ3n) is 12.6. The normalized spacial score (nSPS) is 15.7. The molecule has 4 aromatic carbocycles. The van der Waals surface area contributed by atoms with Crippen LogP contribution < -0.4 is 37.2 Å². The number of hydrogen-bond acceptors (Lipinski definition) is 12. The molecule has 384 valence electrons. The Morgan fingerprint density at radius 3 is 1.57 bits per heavy atom. The predicted octanol–water partition coefficient (Wildman–Crippen LogP) is 7.94. The highest BCUT2D eigenvalue weighted by atomic mass is 32.1. The Labute approximate surface area is 439 Å². The van der Waals surface area contributed by atoms with Gasteiger partial charge in [-0.05, 0) is 128 Å². The van der Waals surface area contributed by atoms with Crippen LogP contribution in [0.1, 0.15) is 91.5 Å². The maximum absolute atomic E-state index is 13.6. The number of nitrogens with two attached hydrogens (primary N) is 2. The first kappa shape index (κ1) is 52.9. The highest BCUT2D eigenvalue weighted by Gasteiger charge is 2.35. The van der Waals surface area contributed by atoms with E-state index in [0.717, 1.165) is 72.9 Å². The lowest BCUT2D eigenvalue weighted by atomic mass is 9.98. The SMILES string of the molecule is CC(C)(N)CC(=O)N[C@@H]1CCc2sccc2N(Cc2ccc(-c3ccccc3-c3nn[nH]n3)cc2)C1=O.CCNC(=O)c1ccccc1-c1ccc(CN2C(=O)[C@H](NC(=O)CC(C)(C)N)CCc3sccc32)cc1. The average molecular weight is 1030 g/mol. The summed E-state index contributed by atoms with van der Waals surface area (Å²) in [5.74, 6) is -0.218. The number of thiophene rings is 2. The summed E-state index contributed by atoms with van der Waals surface area (Å²) in [6.07, 6.45) is 2.88. The van der Waals surface area contributed by atoms with E-state index in [-0.39, 0.29) is 42.4 Å². The zero-order valence-corrected chi connectivity index (χ0v) is 43.9. The number of amides is 5. The van der Waals surface area contributed by atoms with Gasteiger partial charge in [0.25, 0.3) is 5.91 Å². The molecule has 0 radical (unpaired) electrons. The molecule has 2 aliphatic heterocycles.